The molecule has 2 rings (SSSR count). The maximum Gasteiger partial charge on any atom is 0.271 e. The zero-order chi connectivity index (χ0) is 14.8. The third kappa shape index (κ3) is 3.30. The maximum absolute atomic E-state index is 12.3. The van der Waals surface area contributed by atoms with Crippen molar-refractivity contribution in [2.75, 3.05) is 23.7 Å². The number of thiophene rings is 1. The summed E-state index contributed by atoms with van der Waals surface area (Å²) in [5.74, 6) is 0. The van der Waals surface area contributed by atoms with Crippen LogP contribution < -0.4 is 15.4 Å². The highest BCUT2D eigenvalue weighted by atomic mass is 32.2. The number of nitrogens with one attached hydrogen (secondary N) is 1. The molecule has 0 saturated carbocycles. The molecular formula is C13H17N3O2S2. The van der Waals surface area contributed by atoms with E-state index in [1.165, 1.54) is 11.3 Å². The second-order valence-corrected chi connectivity index (χ2v) is 7.35. The van der Waals surface area contributed by atoms with Gasteiger partial charge in [-0.2, -0.15) is 0 Å². The van der Waals surface area contributed by atoms with Crippen LogP contribution in [0.4, 0.5) is 11.4 Å². The molecule has 0 fully saturated rings. The van der Waals surface area contributed by atoms with Gasteiger partial charge >= 0.3 is 0 Å². The van der Waals surface area contributed by atoms with Gasteiger partial charge in [0.2, 0.25) is 0 Å². The zero-order valence-electron chi connectivity index (χ0n) is 11.3. The molecule has 0 aliphatic carbocycles. The van der Waals surface area contributed by atoms with E-state index in [1.807, 2.05) is 31.1 Å². The molecule has 1 heterocycles. The van der Waals surface area contributed by atoms with E-state index in [1.54, 1.807) is 23.6 Å². The first-order chi connectivity index (χ1) is 9.42. The Morgan fingerprint density at radius 1 is 1.30 bits per heavy atom. The summed E-state index contributed by atoms with van der Waals surface area (Å²) in [7, 11) is 0.256. The lowest BCUT2D eigenvalue weighted by molar-refractivity contribution is 0.603. The van der Waals surface area contributed by atoms with Gasteiger partial charge in [0.05, 0.1) is 5.69 Å². The highest BCUT2D eigenvalue weighted by Gasteiger charge is 2.16. The number of anilines is 2. The Hall–Kier alpha value is -1.57. The van der Waals surface area contributed by atoms with Crippen molar-refractivity contribution in [2.24, 2.45) is 5.73 Å². The van der Waals surface area contributed by atoms with Crippen LogP contribution in [-0.4, -0.2) is 22.5 Å². The summed E-state index contributed by atoms with van der Waals surface area (Å²) in [5.41, 5.74) is 7.79. The van der Waals surface area contributed by atoms with Crippen LogP contribution in [0.25, 0.3) is 0 Å². The van der Waals surface area contributed by atoms with Crippen LogP contribution in [-0.2, 0) is 16.6 Å². The summed E-state index contributed by atoms with van der Waals surface area (Å²) >= 11 is 1.17. The van der Waals surface area contributed by atoms with Crippen LogP contribution in [0.5, 0.6) is 0 Å². The minimum Gasteiger partial charge on any atom is -0.378 e. The molecule has 0 unspecified atom stereocenters. The molecule has 7 heteroatoms. The summed E-state index contributed by atoms with van der Waals surface area (Å²) in [6.45, 7) is 0.335. The van der Waals surface area contributed by atoms with Crippen molar-refractivity contribution >= 4 is 32.7 Å². The molecule has 1 aromatic carbocycles. The first-order valence-electron chi connectivity index (χ1n) is 6.00. The SMILES string of the molecule is CN(C)c1cccc(NS(=O)(=O)c2cc(CN)cs2)c1. The van der Waals surface area contributed by atoms with Gasteiger partial charge in [-0.05, 0) is 35.2 Å². The van der Waals surface area contributed by atoms with Crippen LogP contribution in [0, 0.1) is 0 Å². The fraction of sp³-hybridized carbons (Fsp3) is 0.231. The largest absolute Gasteiger partial charge is 0.378 e. The molecule has 0 amide bonds. The molecule has 3 N–H and O–H groups in total. The lowest BCUT2D eigenvalue weighted by Crippen LogP contribution is -2.13. The second kappa shape index (κ2) is 5.82. The Kier molecular flexibility index (Phi) is 4.32. The monoisotopic (exact) mass is 311 g/mol. The molecule has 2 aromatic rings. The van der Waals surface area contributed by atoms with Gasteiger partial charge in [0.25, 0.3) is 10.0 Å². The lowest BCUT2D eigenvalue weighted by atomic mass is 10.3. The van der Waals surface area contributed by atoms with E-state index in [9.17, 15) is 8.42 Å². The zero-order valence-corrected chi connectivity index (χ0v) is 13.0. The minimum atomic E-state index is -3.55. The smallest absolute Gasteiger partial charge is 0.271 e. The Labute approximate surface area is 123 Å². The van der Waals surface area contributed by atoms with E-state index in [0.29, 0.717) is 12.2 Å². The van der Waals surface area contributed by atoms with E-state index in [2.05, 4.69) is 4.72 Å². The summed E-state index contributed by atoms with van der Waals surface area (Å²) in [6.07, 6.45) is 0. The molecule has 0 aliphatic heterocycles. The Balaban J connectivity index is 2.26. The number of benzene rings is 1. The van der Waals surface area contributed by atoms with E-state index < -0.39 is 10.0 Å². The Bertz CT molecular complexity index is 693. The van der Waals surface area contributed by atoms with Gasteiger partial charge in [0.1, 0.15) is 4.21 Å². The molecule has 0 aliphatic rings. The highest BCUT2D eigenvalue weighted by molar-refractivity contribution is 7.94. The molecule has 0 atom stereocenters. The first kappa shape index (κ1) is 14.8. The third-order valence-electron chi connectivity index (χ3n) is 2.75. The number of sulfonamides is 1. The average molecular weight is 311 g/mol. The van der Waals surface area contributed by atoms with Crippen LogP contribution in [0.1, 0.15) is 5.56 Å². The summed E-state index contributed by atoms with van der Waals surface area (Å²) in [4.78, 5) is 1.91. The van der Waals surface area contributed by atoms with E-state index in [-0.39, 0.29) is 4.21 Å². The molecule has 108 valence electrons. The van der Waals surface area contributed by atoms with Crippen molar-refractivity contribution < 1.29 is 8.42 Å². The number of rotatable bonds is 5. The molecule has 0 saturated heterocycles. The van der Waals surface area contributed by atoms with Crippen LogP contribution in [0.3, 0.4) is 0 Å². The van der Waals surface area contributed by atoms with Crippen LogP contribution in [0.2, 0.25) is 0 Å². The summed E-state index contributed by atoms with van der Waals surface area (Å²) in [5, 5.41) is 1.75. The Morgan fingerprint density at radius 3 is 2.65 bits per heavy atom. The van der Waals surface area contributed by atoms with Gasteiger partial charge in [-0.25, -0.2) is 8.42 Å². The predicted octanol–water partition coefficient (Wildman–Crippen LogP) is 2.07. The van der Waals surface area contributed by atoms with Crippen molar-refractivity contribution in [2.45, 2.75) is 10.8 Å². The van der Waals surface area contributed by atoms with Gasteiger partial charge in [-0.3, -0.25) is 4.72 Å². The number of nitrogens with zero attached hydrogens (tertiary/aromatic N) is 1. The Morgan fingerprint density at radius 2 is 2.05 bits per heavy atom. The summed E-state index contributed by atoms with van der Waals surface area (Å²) < 4.78 is 27.4. The van der Waals surface area contributed by atoms with Crippen molar-refractivity contribution in [1.29, 1.82) is 0 Å². The molecule has 0 radical (unpaired) electrons. The first-order valence-corrected chi connectivity index (χ1v) is 8.36. The van der Waals surface area contributed by atoms with Crippen LogP contribution in [0.15, 0.2) is 39.9 Å². The fourth-order valence-electron chi connectivity index (χ4n) is 1.65. The van der Waals surface area contributed by atoms with Gasteiger partial charge in [0, 0.05) is 26.3 Å². The van der Waals surface area contributed by atoms with Crippen molar-refractivity contribution in [3.8, 4) is 0 Å². The van der Waals surface area contributed by atoms with Gasteiger partial charge in [-0.15, -0.1) is 11.3 Å². The summed E-state index contributed by atoms with van der Waals surface area (Å²) in [6, 6.07) is 8.84. The van der Waals surface area contributed by atoms with E-state index >= 15 is 0 Å². The van der Waals surface area contributed by atoms with Gasteiger partial charge in [-0.1, -0.05) is 6.07 Å². The predicted molar refractivity (Wildman–Crippen MR) is 83.8 cm³/mol. The lowest BCUT2D eigenvalue weighted by Gasteiger charge is -2.14. The van der Waals surface area contributed by atoms with Crippen molar-refractivity contribution in [3.05, 3.63) is 41.3 Å². The topological polar surface area (TPSA) is 75.4 Å². The van der Waals surface area contributed by atoms with E-state index in [4.69, 9.17) is 5.73 Å². The highest BCUT2D eigenvalue weighted by Crippen LogP contribution is 2.24. The number of nitrogens with two attached hydrogens (primary N) is 1. The number of hydrogen-bond donors (Lipinski definition) is 2. The molecule has 1 aromatic heterocycles. The maximum atomic E-state index is 12.3. The second-order valence-electron chi connectivity index (χ2n) is 4.53. The molecule has 0 bridgehead atoms. The minimum absolute atomic E-state index is 0.271. The molecule has 0 spiro atoms. The van der Waals surface area contributed by atoms with Crippen molar-refractivity contribution in [1.82, 2.24) is 0 Å². The fourth-order valence-corrected chi connectivity index (χ4v) is 3.93. The van der Waals surface area contributed by atoms with Gasteiger partial charge < -0.3 is 10.6 Å². The van der Waals surface area contributed by atoms with Gasteiger partial charge in [0.15, 0.2) is 0 Å². The third-order valence-corrected chi connectivity index (χ3v) is 5.61. The van der Waals surface area contributed by atoms with Crippen molar-refractivity contribution in [3.63, 3.8) is 0 Å². The van der Waals surface area contributed by atoms with Crippen LogP contribution >= 0.6 is 11.3 Å². The quantitative estimate of drug-likeness (QED) is 0.886. The molecule has 5 nitrogen and oxygen atoms in total. The number of hydrogen-bond acceptors (Lipinski definition) is 5. The average Bonchev–Trinajstić information content (AvgIpc) is 2.88. The molecule has 20 heavy (non-hydrogen) atoms. The van der Waals surface area contributed by atoms with E-state index in [0.717, 1.165) is 11.3 Å². The molecular weight excluding hydrogens is 294 g/mol. The normalized spacial score (nSPS) is 11.3. The standard InChI is InChI=1S/C13H17N3O2S2/c1-16(2)12-5-3-4-11(7-12)15-20(17,18)13-6-10(8-14)9-19-13/h3-7,9,15H,8,14H2,1-2H3.